The lowest BCUT2D eigenvalue weighted by atomic mass is 10.2. The van der Waals surface area contributed by atoms with Crippen molar-refractivity contribution < 1.29 is 18.6 Å². The van der Waals surface area contributed by atoms with Crippen molar-refractivity contribution in [2.45, 2.75) is 6.92 Å². The average Bonchev–Trinajstić information content (AvgIpc) is 2.38. The van der Waals surface area contributed by atoms with E-state index in [0.717, 1.165) is 0 Å². The predicted molar refractivity (Wildman–Crippen MR) is 73.2 cm³/mol. The Balaban J connectivity index is 2.46. The quantitative estimate of drug-likeness (QED) is 0.531. The second kappa shape index (κ2) is 8.55. The van der Waals surface area contributed by atoms with E-state index in [9.17, 15) is 4.39 Å². The molecule has 19 heavy (non-hydrogen) atoms. The van der Waals surface area contributed by atoms with Crippen LogP contribution in [0.25, 0.3) is 0 Å². The predicted octanol–water partition coefficient (Wildman–Crippen LogP) is 1.88. The molecule has 0 fully saturated rings. The number of nitrogens with two attached hydrogens (primary N) is 1. The van der Waals surface area contributed by atoms with Crippen molar-refractivity contribution in [2.75, 3.05) is 51.1 Å². The number of ether oxygens (including phenoxy) is 3. The molecule has 0 atom stereocenters. The molecule has 0 aliphatic rings. The normalized spacial score (nSPS) is 10.5. The first kappa shape index (κ1) is 15.5. The third kappa shape index (κ3) is 5.32. The lowest BCUT2D eigenvalue weighted by Gasteiger charge is -2.12. The molecule has 1 rings (SSSR count). The third-order valence-electron chi connectivity index (χ3n) is 2.40. The molecule has 0 amide bonds. The highest BCUT2D eigenvalue weighted by Gasteiger charge is 2.08. The van der Waals surface area contributed by atoms with Gasteiger partial charge in [-0.1, -0.05) is 0 Å². The zero-order valence-electron chi connectivity index (χ0n) is 11.4. The van der Waals surface area contributed by atoms with Gasteiger partial charge in [-0.3, -0.25) is 0 Å². The number of nitrogen functional groups attached to an aromatic ring is 1. The van der Waals surface area contributed by atoms with Crippen LogP contribution in [0, 0.1) is 5.82 Å². The maximum atomic E-state index is 13.5. The van der Waals surface area contributed by atoms with E-state index in [0.29, 0.717) is 44.3 Å². The molecule has 0 radical (unpaired) electrons. The van der Waals surface area contributed by atoms with Gasteiger partial charge < -0.3 is 25.3 Å². The monoisotopic (exact) mass is 272 g/mol. The van der Waals surface area contributed by atoms with Crippen LogP contribution in [0.3, 0.4) is 0 Å². The number of nitrogens with one attached hydrogen (secondary N) is 1. The van der Waals surface area contributed by atoms with Gasteiger partial charge in [-0.05, 0) is 6.92 Å². The van der Waals surface area contributed by atoms with Gasteiger partial charge in [0.2, 0.25) is 0 Å². The van der Waals surface area contributed by atoms with Crippen molar-refractivity contribution >= 4 is 11.4 Å². The molecule has 1 aromatic rings. The SMILES string of the molecule is CCOc1cc(NCCOCCOC)c(N)cc1F. The molecule has 1 aromatic carbocycles. The minimum Gasteiger partial charge on any atom is -0.491 e. The summed E-state index contributed by atoms with van der Waals surface area (Å²) in [6.07, 6.45) is 0. The fraction of sp³-hybridized carbons (Fsp3) is 0.538. The molecule has 0 saturated heterocycles. The van der Waals surface area contributed by atoms with E-state index in [1.807, 2.05) is 0 Å². The largest absolute Gasteiger partial charge is 0.491 e. The van der Waals surface area contributed by atoms with Gasteiger partial charge in [-0.15, -0.1) is 0 Å². The highest BCUT2D eigenvalue weighted by molar-refractivity contribution is 5.68. The molecule has 0 aliphatic heterocycles. The molecular weight excluding hydrogens is 251 g/mol. The zero-order chi connectivity index (χ0) is 14.1. The summed E-state index contributed by atoms with van der Waals surface area (Å²) in [7, 11) is 1.62. The first-order valence-corrected chi connectivity index (χ1v) is 6.21. The molecule has 3 N–H and O–H groups in total. The maximum absolute atomic E-state index is 13.5. The first-order chi connectivity index (χ1) is 9.19. The number of anilines is 2. The number of halogens is 1. The summed E-state index contributed by atoms with van der Waals surface area (Å²) in [6.45, 7) is 4.40. The van der Waals surface area contributed by atoms with E-state index in [-0.39, 0.29) is 5.75 Å². The smallest absolute Gasteiger partial charge is 0.167 e. The number of methoxy groups -OCH3 is 1. The highest BCUT2D eigenvalue weighted by Crippen LogP contribution is 2.28. The summed E-state index contributed by atoms with van der Waals surface area (Å²) in [6, 6.07) is 2.81. The Hall–Kier alpha value is -1.53. The molecule has 6 heteroatoms. The highest BCUT2D eigenvalue weighted by atomic mass is 19.1. The molecule has 5 nitrogen and oxygen atoms in total. The van der Waals surface area contributed by atoms with Crippen molar-refractivity contribution in [3.63, 3.8) is 0 Å². The zero-order valence-corrected chi connectivity index (χ0v) is 11.4. The summed E-state index contributed by atoms with van der Waals surface area (Å²) < 4.78 is 28.8. The lowest BCUT2D eigenvalue weighted by Crippen LogP contribution is -2.13. The summed E-state index contributed by atoms with van der Waals surface area (Å²) in [5, 5.41) is 3.08. The van der Waals surface area contributed by atoms with E-state index >= 15 is 0 Å². The fourth-order valence-corrected chi connectivity index (χ4v) is 1.49. The molecule has 0 unspecified atom stereocenters. The molecule has 0 aliphatic carbocycles. The van der Waals surface area contributed by atoms with Crippen LogP contribution in [0.1, 0.15) is 6.92 Å². The second-order valence-electron chi connectivity index (χ2n) is 3.83. The maximum Gasteiger partial charge on any atom is 0.167 e. The van der Waals surface area contributed by atoms with Crippen LogP contribution in [0.5, 0.6) is 5.75 Å². The van der Waals surface area contributed by atoms with Gasteiger partial charge in [0.05, 0.1) is 37.8 Å². The fourth-order valence-electron chi connectivity index (χ4n) is 1.49. The van der Waals surface area contributed by atoms with Crippen LogP contribution in [0.2, 0.25) is 0 Å². The number of hydrogen-bond donors (Lipinski definition) is 2. The molecular formula is C13H21FN2O3. The number of hydrogen-bond acceptors (Lipinski definition) is 5. The standard InChI is InChI=1S/C13H21FN2O3/c1-3-19-13-9-12(11(15)8-10(13)14)16-4-5-18-7-6-17-2/h8-9,16H,3-7,15H2,1-2H3. The van der Waals surface area contributed by atoms with Crippen molar-refractivity contribution in [2.24, 2.45) is 0 Å². The summed E-state index contributed by atoms with van der Waals surface area (Å²) >= 11 is 0. The Labute approximate surface area is 112 Å². The van der Waals surface area contributed by atoms with Crippen LogP contribution < -0.4 is 15.8 Å². The second-order valence-corrected chi connectivity index (χ2v) is 3.83. The lowest BCUT2D eigenvalue weighted by molar-refractivity contribution is 0.0759. The van der Waals surface area contributed by atoms with E-state index in [1.54, 1.807) is 20.1 Å². The van der Waals surface area contributed by atoms with Gasteiger partial charge in [-0.2, -0.15) is 0 Å². The van der Waals surface area contributed by atoms with Gasteiger partial charge in [0.1, 0.15) is 0 Å². The average molecular weight is 272 g/mol. The minimum absolute atomic E-state index is 0.194. The number of benzene rings is 1. The van der Waals surface area contributed by atoms with Gasteiger partial charge in [0, 0.05) is 25.8 Å². The molecule has 0 spiro atoms. The minimum atomic E-state index is -0.457. The molecule has 0 saturated carbocycles. The molecule has 108 valence electrons. The van der Waals surface area contributed by atoms with Crippen molar-refractivity contribution in [1.82, 2.24) is 0 Å². The van der Waals surface area contributed by atoms with Crippen LogP contribution in [0.15, 0.2) is 12.1 Å². The Bertz CT molecular complexity index is 388. The van der Waals surface area contributed by atoms with Gasteiger partial charge in [-0.25, -0.2) is 4.39 Å². The van der Waals surface area contributed by atoms with Crippen LogP contribution in [-0.4, -0.2) is 40.1 Å². The van der Waals surface area contributed by atoms with Crippen molar-refractivity contribution in [3.8, 4) is 5.75 Å². The van der Waals surface area contributed by atoms with E-state index in [1.165, 1.54) is 6.07 Å². The first-order valence-electron chi connectivity index (χ1n) is 6.21. The van der Waals surface area contributed by atoms with E-state index in [2.05, 4.69) is 5.32 Å². The van der Waals surface area contributed by atoms with Crippen molar-refractivity contribution in [1.29, 1.82) is 0 Å². The molecule has 0 aromatic heterocycles. The topological polar surface area (TPSA) is 65.7 Å². The van der Waals surface area contributed by atoms with Crippen LogP contribution in [0.4, 0.5) is 15.8 Å². The summed E-state index contributed by atoms with van der Waals surface area (Å²) in [4.78, 5) is 0. The van der Waals surface area contributed by atoms with Crippen LogP contribution in [-0.2, 0) is 9.47 Å². The van der Waals surface area contributed by atoms with Gasteiger partial charge in [0.25, 0.3) is 0 Å². The van der Waals surface area contributed by atoms with Crippen molar-refractivity contribution in [3.05, 3.63) is 17.9 Å². The number of rotatable bonds is 9. The molecule has 0 heterocycles. The Morgan fingerprint density at radius 2 is 2.05 bits per heavy atom. The Morgan fingerprint density at radius 1 is 1.26 bits per heavy atom. The summed E-state index contributed by atoms with van der Waals surface area (Å²) in [5.74, 6) is -0.263. The van der Waals surface area contributed by atoms with Gasteiger partial charge >= 0.3 is 0 Å². The van der Waals surface area contributed by atoms with E-state index < -0.39 is 5.82 Å². The summed E-state index contributed by atoms with van der Waals surface area (Å²) in [5.41, 5.74) is 6.71. The van der Waals surface area contributed by atoms with Crippen LogP contribution >= 0.6 is 0 Å². The molecule has 0 bridgehead atoms. The third-order valence-corrected chi connectivity index (χ3v) is 2.40. The Morgan fingerprint density at radius 3 is 2.74 bits per heavy atom. The van der Waals surface area contributed by atoms with E-state index in [4.69, 9.17) is 19.9 Å². The Kier molecular flexibility index (Phi) is 6.99. The van der Waals surface area contributed by atoms with Gasteiger partial charge in [0.15, 0.2) is 11.6 Å².